The zero-order chi connectivity index (χ0) is 21.1. The topological polar surface area (TPSA) is 71.4 Å². The molecule has 4 aliphatic rings. The molecular weight excluding hydrogens is 420 g/mol. The molecule has 0 amide bonds. The molecule has 1 N–H and O–H groups in total. The van der Waals surface area contributed by atoms with Crippen molar-refractivity contribution >= 4 is 34.3 Å². The van der Waals surface area contributed by atoms with Crippen LogP contribution in [0.3, 0.4) is 0 Å². The van der Waals surface area contributed by atoms with E-state index in [1.54, 1.807) is 6.92 Å². The molecule has 28 heavy (non-hydrogen) atoms. The van der Waals surface area contributed by atoms with Gasteiger partial charge in [0.15, 0.2) is 5.78 Å². The number of carbonyl (C=O) groups is 3. The highest BCUT2D eigenvalue weighted by Gasteiger charge is 2.68. The average Bonchev–Trinajstić information content (AvgIpc) is 2.98. The Morgan fingerprint density at radius 1 is 1.29 bits per heavy atom. The van der Waals surface area contributed by atoms with Crippen LogP contribution in [0.1, 0.15) is 59.8 Å². The third-order valence-electron chi connectivity index (χ3n) is 8.27. The lowest BCUT2D eigenvalue weighted by Gasteiger charge is -2.64. The number of hydrogen-bond acceptors (Lipinski definition) is 4. The van der Waals surface area contributed by atoms with Gasteiger partial charge in [0, 0.05) is 23.2 Å². The Kier molecular flexibility index (Phi) is 5.42. The number of alkyl halides is 1. The van der Waals surface area contributed by atoms with Crippen molar-refractivity contribution in [3.63, 3.8) is 0 Å². The van der Waals surface area contributed by atoms with Crippen LogP contribution in [0.25, 0.3) is 0 Å². The van der Waals surface area contributed by atoms with Crippen LogP contribution in [0.2, 0.25) is 0 Å². The number of aliphatic hydroxyl groups excluding tert-OH is 1. The van der Waals surface area contributed by atoms with Gasteiger partial charge in [0.05, 0.1) is 10.4 Å². The molecule has 0 aromatic rings. The molecule has 4 nitrogen and oxygen atoms in total. The molecule has 0 radical (unpaired) electrons. The van der Waals surface area contributed by atoms with Crippen LogP contribution in [0.5, 0.6) is 0 Å². The summed E-state index contributed by atoms with van der Waals surface area (Å²) in [5.74, 6) is 0.938. The highest BCUT2D eigenvalue weighted by atomic mass is 79.9. The lowest BCUT2D eigenvalue weighted by atomic mass is 9.45. The zero-order valence-corrected chi connectivity index (χ0v) is 18.8. The summed E-state index contributed by atoms with van der Waals surface area (Å²) in [6, 6.07) is 0. The van der Waals surface area contributed by atoms with Crippen LogP contribution in [0.15, 0.2) is 23.3 Å². The number of carbonyl (C=O) groups excluding carboxylic acids is 3. The molecule has 5 unspecified atom stereocenters. The third kappa shape index (κ3) is 2.61. The lowest BCUT2D eigenvalue weighted by molar-refractivity contribution is -0.126. The summed E-state index contributed by atoms with van der Waals surface area (Å²) in [6.07, 6.45) is 7.25. The number of hydrogen-bond donors (Lipinski definition) is 1. The van der Waals surface area contributed by atoms with Crippen LogP contribution in [0, 0.1) is 28.6 Å². The Bertz CT molecular complexity index is 771. The van der Waals surface area contributed by atoms with Crippen LogP contribution >= 0.6 is 15.9 Å². The second-order valence-corrected chi connectivity index (χ2v) is 10.9. The molecule has 2 saturated carbocycles. The van der Waals surface area contributed by atoms with E-state index in [-0.39, 0.29) is 34.2 Å². The molecule has 0 aromatic heterocycles. The molecule has 0 aromatic carbocycles. The average molecular weight is 451 g/mol. The highest BCUT2D eigenvalue weighted by molar-refractivity contribution is 9.10. The Balaban J connectivity index is 0.00000109. The Hall–Kier alpha value is -1.07. The lowest BCUT2D eigenvalue weighted by Crippen LogP contribution is -2.65. The minimum absolute atomic E-state index is 0.0165. The first-order valence-corrected chi connectivity index (χ1v) is 11.0. The Morgan fingerprint density at radius 3 is 2.54 bits per heavy atom. The molecule has 0 heterocycles. The number of rotatable bonds is 1. The third-order valence-corrected chi connectivity index (χ3v) is 10.2. The van der Waals surface area contributed by atoms with E-state index in [1.165, 1.54) is 11.1 Å². The van der Waals surface area contributed by atoms with Crippen molar-refractivity contribution in [2.24, 2.45) is 28.6 Å². The summed E-state index contributed by atoms with van der Waals surface area (Å²) < 4.78 is -0.462. The number of Topliss-reactive ketones (excluding diaryl/α,β-unsaturated/α-hetero) is 1. The zero-order valence-electron chi connectivity index (χ0n) is 17.3. The van der Waals surface area contributed by atoms with Gasteiger partial charge >= 0.3 is 0 Å². The highest BCUT2D eigenvalue weighted by Crippen LogP contribution is 2.70. The van der Waals surface area contributed by atoms with Gasteiger partial charge in [0.2, 0.25) is 0 Å². The molecule has 0 bridgehead atoms. The fourth-order valence-corrected chi connectivity index (χ4v) is 7.94. The van der Waals surface area contributed by atoms with Gasteiger partial charge in [-0.1, -0.05) is 53.9 Å². The maximum Gasteiger partial charge on any atom is 0.155 e. The molecule has 2 fully saturated rings. The first-order valence-electron chi connectivity index (χ1n) is 10.2. The van der Waals surface area contributed by atoms with E-state index in [4.69, 9.17) is 4.79 Å². The van der Waals surface area contributed by atoms with Gasteiger partial charge in [-0.3, -0.25) is 9.59 Å². The molecule has 4 rings (SSSR count). The minimum Gasteiger partial charge on any atom is -0.392 e. The predicted molar refractivity (Wildman–Crippen MR) is 112 cm³/mol. The molecule has 7 atom stereocenters. The molecular formula is C23H31BrO4. The smallest absolute Gasteiger partial charge is 0.155 e. The largest absolute Gasteiger partial charge is 0.392 e. The van der Waals surface area contributed by atoms with Gasteiger partial charge < -0.3 is 9.90 Å². The van der Waals surface area contributed by atoms with E-state index >= 15 is 0 Å². The second-order valence-electron chi connectivity index (χ2n) is 9.55. The van der Waals surface area contributed by atoms with Gasteiger partial charge in [0.1, 0.15) is 12.6 Å². The molecule has 0 saturated heterocycles. The van der Waals surface area contributed by atoms with Crippen molar-refractivity contribution in [2.75, 3.05) is 0 Å². The van der Waals surface area contributed by atoms with E-state index in [9.17, 15) is 14.7 Å². The monoisotopic (exact) mass is 450 g/mol. The van der Waals surface area contributed by atoms with Crippen LogP contribution in [-0.2, 0) is 14.4 Å². The first kappa shape index (κ1) is 21.6. The first-order chi connectivity index (χ1) is 13.1. The summed E-state index contributed by atoms with van der Waals surface area (Å²) in [5, 5.41) is 11.4. The van der Waals surface area contributed by atoms with Gasteiger partial charge in [-0.15, -0.1) is 0 Å². The number of fused-ring (bicyclic) bond motifs is 5. The normalized spacial score (nSPS) is 46.9. The van der Waals surface area contributed by atoms with Crippen molar-refractivity contribution in [2.45, 2.75) is 70.2 Å². The van der Waals surface area contributed by atoms with E-state index < -0.39 is 10.4 Å². The van der Waals surface area contributed by atoms with E-state index in [0.29, 0.717) is 18.8 Å². The van der Waals surface area contributed by atoms with Gasteiger partial charge in [-0.2, -0.15) is 0 Å². The quantitative estimate of drug-likeness (QED) is 0.479. The maximum absolute atomic E-state index is 12.3. The van der Waals surface area contributed by atoms with E-state index in [1.807, 2.05) is 12.9 Å². The van der Waals surface area contributed by atoms with E-state index in [0.717, 1.165) is 19.3 Å². The summed E-state index contributed by atoms with van der Waals surface area (Å²) in [4.78, 5) is 32.4. The van der Waals surface area contributed by atoms with Crippen LogP contribution in [0.4, 0.5) is 0 Å². The van der Waals surface area contributed by atoms with Gasteiger partial charge in [-0.05, 0) is 50.5 Å². The Labute approximate surface area is 176 Å². The fourth-order valence-electron chi connectivity index (χ4n) is 6.92. The van der Waals surface area contributed by atoms with Crippen molar-refractivity contribution in [1.82, 2.24) is 0 Å². The second kappa shape index (κ2) is 7.02. The summed E-state index contributed by atoms with van der Waals surface area (Å²) in [7, 11) is 0. The SMILES string of the molecule is C=O.CC(=O)C1CC=C2C3C[C@H](C)C4=CC(=O)CCC4(C)[C@@]3(Br)C(O)CC21C. The predicted octanol–water partition coefficient (Wildman–Crippen LogP) is 4.19. The van der Waals surface area contributed by atoms with Crippen LogP contribution in [-0.4, -0.2) is 33.9 Å². The van der Waals surface area contributed by atoms with Crippen LogP contribution < -0.4 is 0 Å². The molecule has 4 aliphatic carbocycles. The number of allylic oxidation sites excluding steroid dienone is 4. The summed E-state index contributed by atoms with van der Waals surface area (Å²) in [5.41, 5.74) is 2.09. The standard InChI is InChI=1S/C22H29BrO3.CH2O/c1-12-9-18-16-6-5-15(13(2)24)20(16,3)11-19(26)22(18,23)21(4)8-7-14(25)10-17(12)21;1-2/h6,10,12,15,18-19,26H,5,7-9,11H2,1-4H3;1H2/t12-,15?,18?,19?,20?,21?,22-;/m0./s1. The van der Waals surface area contributed by atoms with Crippen molar-refractivity contribution in [3.8, 4) is 0 Å². The molecule has 0 spiro atoms. The molecule has 5 heteroatoms. The Morgan fingerprint density at radius 2 is 1.93 bits per heavy atom. The van der Waals surface area contributed by atoms with Crippen molar-refractivity contribution in [3.05, 3.63) is 23.3 Å². The van der Waals surface area contributed by atoms with Gasteiger partial charge in [-0.25, -0.2) is 0 Å². The number of aliphatic hydroxyl groups is 1. The minimum atomic E-state index is -0.538. The number of halogens is 1. The molecule has 0 aliphatic heterocycles. The number of ketones is 2. The summed E-state index contributed by atoms with van der Waals surface area (Å²) >= 11 is 4.07. The van der Waals surface area contributed by atoms with Gasteiger partial charge in [0.25, 0.3) is 0 Å². The van der Waals surface area contributed by atoms with Crippen molar-refractivity contribution < 1.29 is 19.5 Å². The van der Waals surface area contributed by atoms with Crippen molar-refractivity contribution in [1.29, 1.82) is 0 Å². The summed E-state index contributed by atoms with van der Waals surface area (Å²) in [6.45, 7) is 10.3. The molecule has 154 valence electrons. The fraction of sp³-hybridized carbons (Fsp3) is 0.696. The van der Waals surface area contributed by atoms with E-state index in [2.05, 4.69) is 42.8 Å². The maximum atomic E-state index is 12.3.